The van der Waals surface area contributed by atoms with E-state index in [4.69, 9.17) is 5.11 Å². The first-order chi connectivity index (χ1) is 18.8. The van der Waals surface area contributed by atoms with Crippen LogP contribution in [0.2, 0.25) is 0 Å². The summed E-state index contributed by atoms with van der Waals surface area (Å²) in [6.45, 7) is 11.3. The molecule has 4 nitrogen and oxygen atoms in total. The molecule has 1 N–H and O–H groups in total. The number of pyridine rings is 2. The van der Waals surface area contributed by atoms with Gasteiger partial charge in [-0.05, 0) is 64.4 Å². The van der Waals surface area contributed by atoms with Gasteiger partial charge in [0, 0.05) is 12.4 Å². The summed E-state index contributed by atoms with van der Waals surface area (Å²) in [6.07, 6.45) is 3.31. The Morgan fingerprint density at radius 1 is 0.650 bits per heavy atom. The number of aromatic nitrogens is 2. The van der Waals surface area contributed by atoms with Crippen LogP contribution in [0, 0.1) is 34.6 Å². The molecule has 0 atom stereocenters. The quantitative estimate of drug-likeness (QED) is 0.243. The van der Waals surface area contributed by atoms with Crippen LogP contribution in [0.25, 0.3) is 11.3 Å². The second-order valence-corrected chi connectivity index (χ2v) is 9.91. The van der Waals surface area contributed by atoms with Crippen LogP contribution in [0.4, 0.5) is 0 Å². The zero-order valence-corrected chi connectivity index (χ0v) is 25.7. The first-order valence-electron chi connectivity index (χ1n) is 13.1. The van der Waals surface area contributed by atoms with Gasteiger partial charge in [-0.25, -0.2) is 9.78 Å². The third-order valence-corrected chi connectivity index (χ3v) is 6.92. The number of rotatable bonds is 5. The molecule has 3 aromatic carbocycles. The predicted octanol–water partition coefficient (Wildman–Crippen LogP) is 5.58. The smallest absolute Gasteiger partial charge is 0.477 e. The van der Waals surface area contributed by atoms with Gasteiger partial charge in [-0.15, -0.1) is 0 Å². The van der Waals surface area contributed by atoms with Crippen molar-refractivity contribution in [3.8, 4) is 11.3 Å². The van der Waals surface area contributed by atoms with Crippen molar-refractivity contribution in [3.05, 3.63) is 137 Å². The number of benzene rings is 3. The SMILES string of the molecule is Cc1cc(C)c(B(c2cccc(-c3ccccn3)c2)c2c(C)cccc2C)c(C)c1.O=C(O)c1ccccn1.[Pt+2]. The summed E-state index contributed by atoms with van der Waals surface area (Å²) in [5.74, 6) is -0.990. The van der Waals surface area contributed by atoms with E-state index < -0.39 is 5.97 Å². The van der Waals surface area contributed by atoms with Crippen molar-refractivity contribution in [2.45, 2.75) is 34.6 Å². The molecule has 2 aromatic heterocycles. The Morgan fingerprint density at radius 3 is 1.75 bits per heavy atom. The molecule has 0 unspecified atom stereocenters. The molecule has 0 saturated heterocycles. The molecule has 0 amide bonds. The number of hydrogen-bond acceptors (Lipinski definition) is 3. The van der Waals surface area contributed by atoms with Crippen molar-refractivity contribution in [2.75, 3.05) is 0 Å². The first-order valence-corrected chi connectivity index (χ1v) is 13.1. The minimum absolute atomic E-state index is 0. The average molecular weight is 708 g/mol. The molecule has 5 aromatic rings. The molecule has 5 rings (SSSR count). The monoisotopic (exact) mass is 707 g/mol. The van der Waals surface area contributed by atoms with Gasteiger partial charge in [0.25, 0.3) is 0 Å². The molecule has 0 radical (unpaired) electrons. The van der Waals surface area contributed by atoms with E-state index in [-0.39, 0.29) is 33.5 Å². The van der Waals surface area contributed by atoms with Crippen LogP contribution in [-0.4, -0.2) is 27.8 Å². The fraction of sp³-hybridized carbons (Fsp3) is 0.147. The largest absolute Gasteiger partial charge is 2.00 e. The van der Waals surface area contributed by atoms with Gasteiger partial charge in [0.15, 0.2) is 0 Å². The number of aryl methyl sites for hydroxylation is 5. The van der Waals surface area contributed by atoms with Crippen molar-refractivity contribution in [1.29, 1.82) is 0 Å². The Labute approximate surface area is 251 Å². The van der Waals surface area contributed by atoms with Gasteiger partial charge in [-0.3, -0.25) is 4.98 Å². The van der Waals surface area contributed by atoms with E-state index in [1.807, 2.05) is 18.3 Å². The standard InChI is InChI=1S/C28H28BN.C6H5NO2.Pt/c1-19-16-22(4)28(23(5)17-19)29(27-20(2)10-8-11-21(27)3)25-13-9-12-24(18-25)26-14-6-7-15-30-26;8-6(9)5-3-1-2-4-7-5;/h6-18H,1-5H3;1-4H,(H,8,9);/q;;+2. The maximum Gasteiger partial charge on any atom is 2.00 e. The molecule has 202 valence electrons. The zero-order chi connectivity index (χ0) is 27.9. The molecule has 0 saturated carbocycles. The molecule has 2 heterocycles. The third kappa shape index (κ3) is 7.22. The Hall–Kier alpha value is -3.82. The number of carbonyl (C=O) groups is 1. The van der Waals surface area contributed by atoms with E-state index in [0.717, 1.165) is 11.3 Å². The number of carboxylic acid groups (broad SMARTS) is 1. The molecule has 0 aliphatic rings. The average Bonchev–Trinajstić information content (AvgIpc) is 2.93. The summed E-state index contributed by atoms with van der Waals surface area (Å²) >= 11 is 0. The van der Waals surface area contributed by atoms with Crippen molar-refractivity contribution in [2.24, 2.45) is 0 Å². The molecule has 0 fully saturated rings. The third-order valence-electron chi connectivity index (χ3n) is 6.92. The normalized spacial score (nSPS) is 10.1. The summed E-state index contributed by atoms with van der Waals surface area (Å²) in [5.41, 5.74) is 13.1. The molecule has 40 heavy (non-hydrogen) atoms. The maximum atomic E-state index is 10.1. The minimum Gasteiger partial charge on any atom is -0.477 e. The van der Waals surface area contributed by atoms with Crippen LogP contribution in [0.5, 0.6) is 0 Å². The number of aromatic carboxylic acids is 1. The fourth-order valence-corrected chi connectivity index (χ4v) is 5.31. The first kappa shape index (κ1) is 30.7. The van der Waals surface area contributed by atoms with Crippen LogP contribution < -0.4 is 16.4 Å². The van der Waals surface area contributed by atoms with Crippen molar-refractivity contribution in [1.82, 2.24) is 9.97 Å². The van der Waals surface area contributed by atoms with E-state index in [2.05, 4.69) is 105 Å². The van der Waals surface area contributed by atoms with Crippen molar-refractivity contribution >= 4 is 29.1 Å². The molecule has 0 aliphatic heterocycles. The van der Waals surface area contributed by atoms with E-state index in [1.54, 1.807) is 12.1 Å². The topological polar surface area (TPSA) is 63.1 Å². The molecule has 0 bridgehead atoms. The van der Waals surface area contributed by atoms with E-state index in [9.17, 15) is 4.79 Å². The number of hydrogen-bond donors (Lipinski definition) is 1. The predicted molar refractivity (Wildman–Crippen MR) is 162 cm³/mol. The van der Waals surface area contributed by atoms with Gasteiger partial charge in [-0.1, -0.05) is 111 Å². The van der Waals surface area contributed by atoms with Crippen molar-refractivity contribution in [3.63, 3.8) is 0 Å². The van der Waals surface area contributed by atoms with Gasteiger partial charge in [0.05, 0.1) is 5.69 Å². The van der Waals surface area contributed by atoms with Gasteiger partial charge in [0.1, 0.15) is 5.69 Å². The molecular weight excluding hydrogens is 674 g/mol. The Balaban J connectivity index is 0.000000377. The summed E-state index contributed by atoms with van der Waals surface area (Å²) < 4.78 is 0. The number of nitrogens with zero attached hydrogens (tertiary/aromatic N) is 2. The Bertz CT molecular complexity index is 1550. The maximum absolute atomic E-state index is 10.1. The summed E-state index contributed by atoms with van der Waals surface area (Å²) in [7, 11) is 0. The van der Waals surface area contributed by atoms with E-state index >= 15 is 0 Å². The zero-order valence-electron chi connectivity index (χ0n) is 23.5. The van der Waals surface area contributed by atoms with Crippen LogP contribution in [0.3, 0.4) is 0 Å². The summed E-state index contributed by atoms with van der Waals surface area (Å²) in [4.78, 5) is 18.3. The van der Waals surface area contributed by atoms with Gasteiger partial charge in [0.2, 0.25) is 6.71 Å². The van der Waals surface area contributed by atoms with Crippen molar-refractivity contribution < 1.29 is 31.0 Å². The molecule has 6 heteroatoms. The second-order valence-electron chi connectivity index (χ2n) is 9.91. The summed E-state index contributed by atoms with van der Waals surface area (Å²) in [5, 5.41) is 8.32. The molecule has 0 spiro atoms. The molecular formula is C34H33BN2O2Pt+2. The van der Waals surface area contributed by atoms with Gasteiger partial charge in [-0.2, -0.15) is 0 Å². The van der Waals surface area contributed by atoms with E-state index in [0.29, 0.717) is 0 Å². The number of carboxylic acids is 1. The van der Waals surface area contributed by atoms with E-state index in [1.165, 1.54) is 56.5 Å². The molecule has 0 aliphatic carbocycles. The van der Waals surface area contributed by atoms with Crippen LogP contribution in [0.15, 0.2) is 103 Å². The van der Waals surface area contributed by atoms with Crippen LogP contribution in [0.1, 0.15) is 38.3 Å². The Kier molecular flexibility index (Phi) is 10.8. The Morgan fingerprint density at radius 2 is 1.23 bits per heavy atom. The van der Waals surface area contributed by atoms with Gasteiger partial charge >= 0.3 is 27.0 Å². The van der Waals surface area contributed by atoms with Crippen LogP contribution in [-0.2, 0) is 21.1 Å². The van der Waals surface area contributed by atoms with Crippen LogP contribution >= 0.6 is 0 Å². The second kappa shape index (κ2) is 14.0. The van der Waals surface area contributed by atoms with Gasteiger partial charge < -0.3 is 5.11 Å². The fourth-order valence-electron chi connectivity index (χ4n) is 5.31. The summed E-state index contributed by atoms with van der Waals surface area (Å²) in [6, 6.07) is 31.0. The minimum atomic E-state index is -0.990.